The van der Waals surface area contributed by atoms with Gasteiger partial charge < -0.3 is 5.11 Å². The van der Waals surface area contributed by atoms with Gasteiger partial charge in [0.15, 0.2) is 0 Å². The Morgan fingerprint density at radius 3 is 2.83 bits per heavy atom. The zero-order valence-electron chi connectivity index (χ0n) is 7.21. The lowest BCUT2D eigenvalue weighted by molar-refractivity contribution is 0.173. The normalized spacial score (nSPS) is 13.0. The van der Waals surface area contributed by atoms with E-state index in [2.05, 4.69) is 4.98 Å². The predicted octanol–water partition coefficient (Wildman–Crippen LogP) is 2.49. The van der Waals surface area contributed by atoms with E-state index in [0.29, 0.717) is 11.6 Å². The Morgan fingerprint density at radius 2 is 2.33 bits per heavy atom. The number of aliphatic hydroxyl groups excluding tert-OH is 1. The molecule has 0 amide bonds. The monoisotopic (exact) mass is 185 g/mol. The summed E-state index contributed by atoms with van der Waals surface area (Å²) >= 11 is 5.74. The molecule has 66 valence electrons. The average Bonchev–Trinajstić information content (AvgIpc) is 2.08. The molecule has 0 aliphatic rings. The van der Waals surface area contributed by atoms with Gasteiger partial charge in [0.2, 0.25) is 0 Å². The van der Waals surface area contributed by atoms with E-state index in [1.165, 1.54) is 0 Å². The summed E-state index contributed by atoms with van der Waals surface area (Å²) in [6.45, 7) is 3.80. The van der Waals surface area contributed by atoms with Crippen molar-refractivity contribution in [2.24, 2.45) is 0 Å². The summed E-state index contributed by atoms with van der Waals surface area (Å²) < 4.78 is 0. The van der Waals surface area contributed by atoms with E-state index in [0.717, 1.165) is 11.1 Å². The fourth-order valence-electron chi connectivity index (χ4n) is 0.998. The van der Waals surface area contributed by atoms with Crippen LogP contribution in [0.15, 0.2) is 12.3 Å². The lowest BCUT2D eigenvalue weighted by Crippen LogP contribution is -1.96. The zero-order valence-corrected chi connectivity index (χ0v) is 7.97. The van der Waals surface area contributed by atoms with Crippen LogP contribution in [0.4, 0.5) is 0 Å². The number of hydrogen-bond donors (Lipinski definition) is 1. The maximum absolute atomic E-state index is 9.46. The van der Waals surface area contributed by atoms with E-state index in [1.807, 2.05) is 19.9 Å². The van der Waals surface area contributed by atoms with Gasteiger partial charge in [-0.1, -0.05) is 18.5 Å². The van der Waals surface area contributed by atoms with Crippen molar-refractivity contribution in [1.29, 1.82) is 0 Å². The molecular formula is C9H12ClNO. The van der Waals surface area contributed by atoms with Crippen LogP contribution in [0.2, 0.25) is 5.15 Å². The first-order chi connectivity index (χ1) is 5.65. The third kappa shape index (κ3) is 1.96. The number of aryl methyl sites for hydroxylation is 1. The van der Waals surface area contributed by atoms with E-state index in [-0.39, 0.29) is 0 Å². The highest BCUT2D eigenvalue weighted by Gasteiger charge is 2.06. The van der Waals surface area contributed by atoms with Gasteiger partial charge in [0.05, 0.1) is 6.10 Å². The number of aliphatic hydroxyl groups is 1. The molecule has 0 radical (unpaired) electrons. The molecule has 0 bridgehead atoms. The molecule has 0 spiro atoms. The first kappa shape index (κ1) is 9.49. The number of hydrogen-bond acceptors (Lipinski definition) is 2. The Bertz CT molecular complexity index is 275. The number of rotatable bonds is 2. The molecule has 0 saturated carbocycles. The molecule has 0 aliphatic carbocycles. The molecule has 12 heavy (non-hydrogen) atoms. The van der Waals surface area contributed by atoms with Crippen LogP contribution < -0.4 is 0 Å². The minimum Gasteiger partial charge on any atom is -0.388 e. The minimum absolute atomic E-state index is 0.423. The van der Waals surface area contributed by atoms with E-state index in [1.54, 1.807) is 6.20 Å². The van der Waals surface area contributed by atoms with Crippen LogP contribution in [0.3, 0.4) is 0 Å². The lowest BCUT2D eigenvalue weighted by Gasteiger charge is -2.08. The fourth-order valence-corrected chi connectivity index (χ4v) is 1.10. The van der Waals surface area contributed by atoms with Crippen molar-refractivity contribution < 1.29 is 5.11 Å². The SMILES string of the molecule is CCC(O)c1cnc(Cl)c(C)c1. The Kier molecular flexibility index (Phi) is 3.06. The molecule has 0 saturated heterocycles. The van der Waals surface area contributed by atoms with Crippen LogP contribution in [0.1, 0.15) is 30.6 Å². The van der Waals surface area contributed by atoms with Crippen LogP contribution in [0.25, 0.3) is 0 Å². The molecule has 0 aliphatic heterocycles. The highest BCUT2D eigenvalue weighted by Crippen LogP contribution is 2.19. The summed E-state index contributed by atoms with van der Waals surface area (Å²) in [5.41, 5.74) is 1.74. The smallest absolute Gasteiger partial charge is 0.131 e. The number of halogens is 1. The molecule has 1 rings (SSSR count). The number of pyridine rings is 1. The van der Waals surface area contributed by atoms with E-state index < -0.39 is 6.10 Å². The number of nitrogens with zero attached hydrogens (tertiary/aromatic N) is 1. The van der Waals surface area contributed by atoms with Gasteiger partial charge in [-0.05, 0) is 30.5 Å². The summed E-state index contributed by atoms with van der Waals surface area (Å²) in [6.07, 6.45) is 1.89. The topological polar surface area (TPSA) is 33.1 Å². The van der Waals surface area contributed by atoms with Crippen molar-refractivity contribution in [3.63, 3.8) is 0 Å². The maximum atomic E-state index is 9.46. The molecule has 1 N–H and O–H groups in total. The van der Waals surface area contributed by atoms with Gasteiger partial charge in [0.25, 0.3) is 0 Å². The van der Waals surface area contributed by atoms with Gasteiger partial charge in [-0.15, -0.1) is 0 Å². The van der Waals surface area contributed by atoms with Gasteiger partial charge in [0, 0.05) is 6.20 Å². The Morgan fingerprint density at radius 1 is 1.67 bits per heavy atom. The molecule has 1 heterocycles. The summed E-state index contributed by atoms with van der Waals surface area (Å²) in [5, 5.41) is 9.96. The third-order valence-electron chi connectivity index (χ3n) is 1.81. The van der Waals surface area contributed by atoms with Gasteiger partial charge >= 0.3 is 0 Å². The summed E-state index contributed by atoms with van der Waals surface area (Å²) in [5.74, 6) is 0. The van der Waals surface area contributed by atoms with Crippen molar-refractivity contribution in [3.05, 3.63) is 28.5 Å². The molecule has 1 atom stereocenters. The van der Waals surface area contributed by atoms with Crippen molar-refractivity contribution >= 4 is 11.6 Å². The second kappa shape index (κ2) is 3.87. The van der Waals surface area contributed by atoms with Crippen LogP contribution in [-0.4, -0.2) is 10.1 Å². The second-order valence-corrected chi connectivity index (χ2v) is 3.16. The number of aromatic nitrogens is 1. The first-order valence-electron chi connectivity index (χ1n) is 3.95. The molecule has 3 heteroatoms. The van der Waals surface area contributed by atoms with Crippen molar-refractivity contribution in [2.45, 2.75) is 26.4 Å². The zero-order chi connectivity index (χ0) is 9.14. The van der Waals surface area contributed by atoms with Gasteiger partial charge in [-0.2, -0.15) is 0 Å². The van der Waals surface area contributed by atoms with Crippen molar-refractivity contribution in [3.8, 4) is 0 Å². The Labute approximate surface area is 77.2 Å². The van der Waals surface area contributed by atoms with Gasteiger partial charge in [-0.3, -0.25) is 0 Å². The highest BCUT2D eigenvalue weighted by molar-refractivity contribution is 6.30. The molecule has 1 unspecified atom stereocenters. The van der Waals surface area contributed by atoms with Crippen LogP contribution >= 0.6 is 11.6 Å². The largest absolute Gasteiger partial charge is 0.388 e. The molecular weight excluding hydrogens is 174 g/mol. The standard InChI is InChI=1S/C9H12ClNO/c1-3-8(12)7-4-6(2)9(10)11-5-7/h4-5,8,12H,3H2,1-2H3. The highest BCUT2D eigenvalue weighted by atomic mass is 35.5. The van der Waals surface area contributed by atoms with Crippen LogP contribution in [-0.2, 0) is 0 Å². The van der Waals surface area contributed by atoms with Crippen LogP contribution in [0.5, 0.6) is 0 Å². The lowest BCUT2D eigenvalue weighted by atomic mass is 10.1. The van der Waals surface area contributed by atoms with Crippen molar-refractivity contribution in [2.75, 3.05) is 0 Å². The van der Waals surface area contributed by atoms with Crippen molar-refractivity contribution in [1.82, 2.24) is 4.98 Å². The molecule has 1 aromatic heterocycles. The Hall–Kier alpha value is -0.600. The first-order valence-corrected chi connectivity index (χ1v) is 4.33. The van der Waals surface area contributed by atoms with E-state index in [4.69, 9.17) is 11.6 Å². The van der Waals surface area contributed by atoms with Gasteiger partial charge in [-0.25, -0.2) is 4.98 Å². The second-order valence-electron chi connectivity index (χ2n) is 2.80. The quantitative estimate of drug-likeness (QED) is 0.719. The van der Waals surface area contributed by atoms with Crippen LogP contribution in [0, 0.1) is 6.92 Å². The third-order valence-corrected chi connectivity index (χ3v) is 2.20. The Balaban J connectivity index is 2.96. The minimum atomic E-state index is -0.423. The predicted molar refractivity (Wildman–Crippen MR) is 49.2 cm³/mol. The summed E-state index contributed by atoms with van der Waals surface area (Å²) in [7, 11) is 0. The fraction of sp³-hybridized carbons (Fsp3) is 0.444. The molecule has 2 nitrogen and oxygen atoms in total. The molecule has 1 aromatic rings. The summed E-state index contributed by atoms with van der Waals surface area (Å²) in [6, 6.07) is 1.86. The van der Waals surface area contributed by atoms with E-state index >= 15 is 0 Å². The van der Waals surface area contributed by atoms with E-state index in [9.17, 15) is 5.11 Å². The maximum Gasteiger partial charge on any atom is 0.131 e. The summed E-state index contributed by atoms with van der Waals surface area (Å²) in [4.78, 5) is 3.95. The van der Waals surface area contributed by atoms with Gasteiger partial charge in [0.1, 0.15) is 5.15 Å². The molecule has 0 aromatic carbocycles. The average molecular weight is 186 g/mol. The molecule has 0 fully saturated rings.